The molecular weight excluding hydrogens is 220 g/mol. The number of hydrogen-bond donors (Lipinski definition) is 0. The summed E-state index contributed by atoms with van der Waals surface area (Å²) in [5.74, 6) is 4.56. The molecule has 0 aliphatic carbocycles. The van der Waals surface area contributed by atoms with Crippen molar-refractivity contribution in [1.29, 1.82) is 0 Å². The third-order valence-electron chi connectivity index (χ3n) is 1.70. The first kappa shape index (κ1) is 15.2. The summed E-state index contributed by atoms with van der Waals surface area (Å²) in [5, 5.41) is 0. The molecule has 0 fully saturated rings. The van der Waals surface area contributed by atoms with Gasteiger partial charge in [-0.15, -0.1) is 5.92 Å². The first-order valence-corrected chi connectivity index (χ1v) is 5.65. The van der Waals surface area contributed by atoms with Crippen LogP contribution in [0.2, 0.25) is 0 Å². The molecule has 17 heavy (non-hydrogen) atoms. The van der Waals surface area contributed by atoms with Crippen LogP contribution in [0.3, 0.4) is 0 Å². The summed E-state index contributed by atoms with van der Waals surface area (Å²) >= 11 is 0. The molecule has 0 aromatic rings. The second kappa shape index (κ2) is 9.46. The lowest BCUT2D eigenvalue weighted by molar-refractivity contribution is -0.141. The molecule has 0 aliphatic rings. The zero-order chi connectivity index (χ0) is 13.1. The number of carbonyl (C=O) groups excluding carboxylic acids is 2. The Labute approximate surface area is 102 Å². The minimum Gasteiger partial charge on any atom is -0.463 e. The van der Waals surface area contributed by atoms with Gasteiger partial charge >= 0.3 is 11.9 Å². The van der Waals surface area contributed by atoms with Crippen molar-refractivity contribution in [1.82, 2.24) is 0 Å². The molecule has 4 heteroatoms. The molecule has 0 aromatic carbocycles. The van der Waals surface area contributed by atoms with E-state index in [2.05, 4.69) is 11.8 Å². The Bertz CT molecular complexity index is 344. The first-order chi connectivity index (χ1) is 8.15. The fourth-order valence-electron chi connectivity index (χ4n) is 1.01. The third-order valence-corrected chi connectivity index (χ3v) is 1.70. The van der Waals surface area contributed by atoms with Gasteiger partial charge in [0.15, 0.2) is 0 Å². The van der Waals surface area contributed by atoms with Gasteiger partial charge in [-0.2, -0.15) is 0 Å². The van der Waals surface area contributed by atoms with Gasteiger partial charge in [-0.05, 0) is 13.8 Å². The van der Waals surface area contributed by atoms with Gasteiger partial charge in [0.2, 0.25) is 0 Å². The van der Waals surface area contributed by atoms with Crippen LogP contribution in [0.15, 0.2) is 11.6 Å². The second-order valence-corrected chi connectivity index (χ2v) is 3.03. The number of rotatable bonds is 5. The van der Waals surface area contributed by atoms with E-state index in [1.165, 1.54) is 0 Å². The van der Waals surface area contributed by atoms with E-state index in [1.54, 1.807) is 13.8 Å². The molecule has 0 heterocycles. The van der Waals surface area contributed by atoms with Crippen molar-refractivity contribution in [2.24, 2.45) is 0 Å². The predicted molar refractivity (Wildman–Crippen MR) is 64.0 cm³/mol. The Morgan fingerprint density at radius 3 is 2.24 bits per heavy atom. The maximum atomic E-state index is 11.5. The SMILES string of the molecule is CCC#CC/C(=C/C(=O)OCC)C(=O)OCC. The van der Waals surface area contributed by atoms with Gasteiger partial charge in [0, 0.05) is 18.9 Å². The fraction of sp³-hybridized carbons (Fsp3) is 0.538. The van der Waals surface area contributed by atoms with E-state index in [1.807, 2.05) is 6.92 Å². The quantitative estimate of drug-likeness (QED) is 0.416. The molecule has 0 N–H and O–H groups in total. The molecule has 0 aliphatic heterocycles. The highest BCUT2D eigenvalue weighted by atomic mass is 16.5. The number of esters is 2. The van der Waals surface area contributed by atoms with Crippen LogP contribution in [0.1, 0.15) is 33.6 Å². The van der Waals surface area contributed by atoms with Crippen molar-refractivity contribution in [3.8, 4) is 11.8 Å². The number of carbonyl (C=O) groups is 2. The zero-order valence-electron chi connectivity index (χ0n) is 10.5. The van der Waals surface area contributed by atoms with Crippen LogP contribution >= 0.6 is 0 Å². The first-order valence-electron chi connectivity index (χ1n) is 5.65. The average Bonchev–Trinajstić information content (AvgIpc) is 2.28. The molecule has 4 nitrogen and oxygen atoms in total. The minimum absolute atomic E-state index is 0.200. The van der Waals surface area contributed by atoms with E-state index in [4.69, 9.17) is 9.47 Å². The van der Waals surface area contributed by atoms with E-state index in [0.717, 1.165) is 6.08 Å². The molecule has 0 aromatic heterocycles. The van der Waals surface area contributed by atoms with Crippen molar-refractivity contribution < 1.29 is 19.1 Å². The minimum atomic E-state index is -0.547. The third kappa shape index (κ3) is 7.18. The topological polar surface area (TPSA) is 52.6 Å². The van der Waals surface area contributed by atoms with Crippen molar-refractivity contribution in [2.45, 2.75) is 33.6 Å². The van der Waals surface area contributed by atoms with Gasteiger partial charge in [-0.25, -0.2) is 9.59 Å². The molecule has 0 radical (unpaired) electrons. The Morgan fingerprint density at radius 1 is 1.06 bits per heavy atom. The predicted octanol–water partition coefficient (Wildman–Crippen LogP) is 1.84. The van der Waals surface area contributed by atoms with Crippen molar-refractivity contribution >= 4 is 11.9 Å². The van der Waals surface area contributed by atoms with Crippen LogP contribution in [0.5, 0.6) is 0 Å². The van der Waals surface area contributed by atoms with Crippen LogP contribution in [0.4, 0.5) is 0 Å². The lowest BCUT2D eigenvalue weighted by Crippen LogP contribution is -2.10. The smallest absolute Gasteiger partial charge is 0.335 e. The summed E-state index contributed by atoms with van der Waals surface area (Å²) in [6.45, 7) is 5.85. The number of ether oxygens (including phenoxy) is 2. The average molecular weight is 238 g/mol. The van der Waals surface area contributed by atoms with Gasteiger partial charge in [0.1, 0.15) is 0 Å². The summed E-state index contributed by atoms with van der Waals surface area (Å²) in [5.41, 5.74) is 0.228. The zero-order valence-corrected chi connectivity index (χ0v) is 10.5. The molecule has 0 spiro atoms. The highest BCUT2D eigenvalue weighted by Gasteiger charge is 2.11. The lowest BCUT2D eigenvalue weighted by atomic mass is 10.2. The molecule has 0 saturated heterocycles. The molecular formula is C13H18O4. The van der Waals surface area contributed by atoms with Crippen LogP contribution in [-0.4, -0.2) is 25.2 Å². The molecule has 0 atom stereocenters. The molecule has 0 amide bonds. The Balaban J connectivity index is 4.70. The van der Waals surface area contributed by atoms with Gasteiger partial charge in [0.05, 0.1) is 18.8 Å². The normalized spacial score (nSPS) is 10.2. The summed E-state index contributed by atoms with van der Waals surface area (Å²) in [4.78, 5) is 22.8. The maximum Gasteiger partial charge on any atom is 0.335 e. The largest absolute Gasteiger partial charge is 0.463 e. The van der Waals surface area contributed by atoms with Crippen molar-refractivity contribution in [2.75, 3.05) is 13.2 Å². The Morgan fingerprint density at radius 2 is 1.71 bits per heavy atom. The van der Waals surface area contributed by atoms with E-state index in [-0.39, 0.29) is 25.2 Å². The summed E-state index contributed by atoms with van der Waals surface area (Å²) in [6, 6.07) is 0. The molecule has 0 rings (SSSR count). The van der Waals surface area contributed by atoms with Gasteiger partial charge in [-0.1, -0.05) is 12.8 Å². The summed E-state index contributed by atoms with van der Waals surface area (Å²) in [6.07, 6.45) is 2.05. The van der Waals surface area contributed by atoms with E-state index in [0.29, 0.717) is 6.42 Å². The standard InChI is InChI=1S/C13H18O4/c1-4-7-8-9-11(13(15)17-6-3)10-12(14)16-5-2/h10H,4-6,9H2,1-3H3/b11-10-. The van der Waals surface area contributed by atoms with Crippen LogP contribution < -0.4 is 0 Å². The molecule has 0 unspecified atom stereocenters. The fourth-order valence-corrected chi connectivity index (χ4v) is 1.01. The van der Waals surface area contributed by atoms with Crippen LogP contribution in [0.25, 0.3) is 0 Å². The van der Waals surface area contributed by atoms with Gasteiger partial charge in [0.25, 0.3) is 0 Å². The monoisotopic (exact) mass is 238 g/mol. The van der Waals surface area contributed by atoms with E-state index < -0.39 is 11.9 Å². The Kier molecular flexibility index (Phi) is 8.48. The van der Waals surface area contributed by atoms with E-state index in [9.17, 15) is 9.59 Å². The van der Waals surface area contributed by atoms with Gasteiger partial charge < -0.3 is 9.47 Å². The maximum absolute atomic E-state index is 11.5. The van der Waals surface area contributed by atoms with Crippen LogP contribution in [-0.2, 0) is 19.1 Å². The summed E-state index contributed by atoms with van der Waals surface area (Å²) in [7, 11) is 0. The van der Waals surface area contributed by atoms with Crippen molar-refractivity contribution in [3.63, 3.8) is 0 Å². The summed E-state index contributed by atoms with van der Waals surface area (Å²) < 4.78 is 9.57. The van der Waals surface area contributed by atoms with Gasteiger partial charge in [-0.3, -0.25) is 0 Å². The highest BCUT2D eigenvalue weighted by molar-refractivity contribution is 5.96. The van der Waals surface area contributed by atoms with E-state index >= 15 is 0 Å². The highest BCUT2D eigenvalue weighted by Crippen LogP contribution is 2.04. The van der Waals surface area contributed by atoms with Crippen molar-refractivity contribution in [3.05, 3.63) is 11.6 Å². The lowest BCUT2D eigenvalue weighted by Gasteiger charge is -2.03. The second-order valence-electron chi connectivity index (χ2n) is 3.03. The Hall–Kier alpha value is -1.76. The molecule has 94 valence electrons. The molecule has 0 bridgehead atoms. The molecule has 0 saturated carbocycles. The number of hydrogen-bond acceptors (Lipinski definition) is 4. The van der Waals surface area contributed by atoms with Crippen LogP contribution in [0, 0.1) is 11.8 Å².